The first-order valence-corrected chi connectivity index (χ1v) is 6.76. The Bertz CT molecular complexity index is 389. The summed E-state index contributed by atoms with van der Waals surface area (Å²) in [4.78, 5) is 9.13. The maximum atomic E-state index is 4.52. The zero-order valence-electron chi connectivity index (χ0n) is 12.3. The van der Waals surface area contributed by atoms with Gasteiger partial charge >= 0.3 is 0 Å². The molecule has 0 aromatic carbocycles. The fraction of sp³-hybridized carbons (Fsp3) is 0.667. The molecule has 1 atom stereocenters. The summed E-state index contributed by atoms with van der Waals surface area (Å²) >= 11 is 0. The summed E-state index contributed by atoms with van der Waals surface area (Å²) in [6, 6.07) is 4.36. The Hall–Kier alpha value is -1.09. The highest BCUT2D eigenvalue weighted by Gasteiger charge is 2.30. The molecular formula is C15H25N3. The van der Waals surface area contributed by atoms with Crippen LogP contribution in [0.2, 0.25) is 0 Å². The molecule has 100 valence electrons. The molecular weight excluding hydrogens is 222 g/mol. The van der Waals surface area contributed by atoms with Crippen LogP contribution in [-0.2, 0) is 0 Å². The lowest BCUT2D eigenvalue weighted by Crippen LogP contribution is -2.39. The van der Waals surface area contributed by atoms with E-state index in [0.717, 1.165) is 12.4 Å². The normalized spacial score (nSPS) is 21.3. The highest BCUT2D eigenvalue weighted by molar-refractivity contribution is 5.38. The van der Waals surface area contributed by atoms with Crippen LogP contribution >= 0.6 is 0 Å². The molecule has 0 saturated carbocycles. The molecule has 1 unspecified atom stereocenters. The van der Waals surface area contributed by atoms with Crippen LogP contribution in [0.1, 0.15) is 38.7 Å². The lowest BCUT2D eigenvalue weighted by atomic mass is 10.00. The molecule has 2 rings (SSSR count). The van der Waals surface area contributed by atoms with Gasteiger partial charge in [-0.1, -0.05) is 6.07 Å². The van der Waals surface area contributed by atoms with Crippen LogP contribution < -0.4 is 4.90 Å². The van der Waals surface area contributed by atoms with E-state index in [1.54, 1.807) is 0 Å². The highest BCUT2D eigenvalue weighted by Crippen LogP contribution is 2.31. The standard InChI is InChI=1S/C15H25N3/c1-15(2,3)18-9-8-13(11-18)12-6-7-14(16-10-12)17(4)5/h6-7,10,13H,8-9,11H2,1-5H3. The van der Waals surface area contributed by atoms with Crippen LogP contribution in [0.3, 0.4) is 0 Å². The number of pyridine rings is 1. The van der Waals surface area contributed by atoms with E-state index in [0.29, 0.717) is 5.92 Å². The van der Waals surface area contributed by atoms with Crippen molar-refractivity contribution in [2.45, 2.75) is 38.6 Å². The Balaban J connectivity index is 2.05. The van der Waals surface area contributed by atoms with Crippen molar-refractivity contribution in [1.82, 2.24) is 9.88 Å². The van der Waals surface area contributed by atoms with Crippen LogP contribution in [0.5, 0.6) is 0 Å². The smallest absolute Gasteiger partial charge is 0.127 e. The van der Waals surface area contributed by atoms with Crippen molar-refractivity contribution in [2.24, 2.45) is 0 Å². The minimum absolute atomic E-state index is 0.283. The van der Waals surface area contributed by atoms with Crippen LogP contribution in [0, 0.1) is 0 Å². The number of rotatable bonds is 2. The van der Waals surface area contributed by atoms with Crippen molar-refractivity contribution in [3.05, 3.63) is 23.9 Å². The molecule has 0 amide bonds. The lowest BCUT2D eigenvalue weighted by Gasteiger charge is -2.31. The van der Waals surface area contributed by atoms with Gasteiger partial charge in [0.05, 0.1) is 0 Å². The molecule has 2 heterocycles. The van der Waals surface area contributed by atoms with Crippen molar-refractivity contribution < 1.29 is 0 Å². The molecule has 1 aliphatic heterocycles. The Labute approximate surface area is 111 Å². The summed E-state index contributed by atoms with van der Waals surface area (Å²) in [7, 11) is 4.05. The van der Waals surface area contributed by atoms with Crippen LogP contribution in [-0.4, -0.2) is 42.6 Å². The molecule has 0 aliphatic carbocycles. The van der Waals surface area contributed by atoms with Gasteiger partial charge in [-0.15, -0.1) is 0 Å². The molecule has 0 bridgehead atoms. The van der Waals surface area contributed by atoms with E-state index >= 15 is 0 Å². The number of likely N-dealkylation sites (tertiary alicyclic amines) is 1. The van der Waals surface area contributed by atoms with Crippen molar-refractivity contribution >= 4 is 5.82 Å². The SMILES string of the molecule is CN(C)c1ccc(C2CCN(C(C)(C)C)C2)cn1. The number of nitrogens with zero attached hydrogens (tertiary/aromatic N) is 3. The summed E-state index contributed by atoms with van der Waals surface area (Å²) < 4.78 is 0. The lowest BCUT2D eigenvalue weighted by molar-refractivity contribution is 0.173. The van der Waals surface area contributed by atoms with E-state index in [-0.39, 0.29) is 5.54 Å². The zero-order chi connectivity index (χ0) is 13.3. The van der Waals surface area contributed by atoms with Crippen LogP contribution in [0.15, 0.2) is 18.3 Å². The van der Waals surface area contributed by atoms with Crippen LogP contribution in [0.25, 0.3) is 0 Å². The third-order valence-electron chi connectivity index (χ3n) is 3.84. The van der Waals surface area contributed by atoms with Gasteiger partial charge in [0.2, 0.25) is 0 Å². The molecule has 0 spiro atoms. The fourth-order valence-electron chi connectivity index (χ4n) is 2.55. The number of hydrogen-bond acceptors (Lipinski definition) is 3. The topological polar surface area (TPSA) is 19.4 Å². The Kier molecular flexibility index (Phi) is 3.62. The quantitative estimate of drug-likeness (QED) is 0.801. The number of aromatic nitrogens is 1. The Morgan fingerprint density at radius 1 is 1.28 bits per heavy atom. The monoisotopic (exact) mass is 247 g/mol. The molecule has 1 saturated heterocycles. The van der Waals surface area contributed by atoms with Gasteiger partial charge in [0, 0.05) is 32.4 Å². The van der Waals surface area contributed by atoms with E-state index in [1.807, 2.05) is 25.2 Å². The summed E-state index contributed by atoms with van der Waals surface area (Å²) in [5.41, 5.74) is 1.67. The second kappa shape index (κ2) is 4.88. The van der Waals surface area contributed by atoms with E-state index < -0.39 is 0 Å². The third-order valence-corrected chi connectivity index (χ3v) is 3.84. The maximum absolute atomic E-state index is 4.52. The molecule has 1 aliphatic rings. The third kappa shape index (κ3) is 2.83. The van der Waals surface area contributed by atoms with E-state index in [4.69, 9.17) is 0 Å². The van der Waals surface area contributed by atoms with E-state index in [1.165, 1.54) is 18.5 Å². The van der Waals surface area contributed by atoms with Gasteiger partial charge in [0.15, 0.2) is 0 Å². The first kappa shape index (κ1) is 13.3. The van der Waals surface area contributed by atoms with Crippen molar-refractivity contribution in [3.63, 3.8) is 0 Å². The highest BCUT2D eigenvalue weighted by atomic mass is 15.2. The van der Waals surface area contributed by atoms with Gasteiger partial charge < -0.3 is 4.90 Å². The summed E-state index contributed by atoms with van der Waals surface area (Å²) in [5.74, 6) is 1.68. The largest absolute Gasteiger partial charge is 0.363 e. The number of hydrogen-bond donors (Lipinski definition) is 0. The van der Waals surface area contributed by atoms with Crippen molar-refractivity contribution in [2.75, 3.05) is 32.1 Å². The van der Waals surface area contributed by atoms with E-state index in [2.05, 4.69) is 42.8 Å². The predicted octanol–water partition coefficient (Wildman–Crippen LogP) is 2.74. The van der Waals surface area contributed by atoms with Gasteiger partial charge in [-0.05, 0) is 51.3 Å². The first-order valence-electron chi connectivity index (χ1n) is 6.76. The summed E-state index contributed by atoms with van der Waals surface area (Å²) in [5, 5.41) is 0. The molecule has 1 fully saturated rings. The predicted molar refractivity (Wildman–Crippen MR) is 77.2 cm³/mol. The summed E-state index contributed by atoms with van der Waals surface area (Å²) in [6.07, 6.45) is 3.30. The van der Waals surface area contributed by atoms with Crippen LogP contribution in [0.4, 0.5) is 5.82 Å². The maximum Gasteiger partial charge on any atom is 0.127 e. The van der Waals surface area contributed by atoms with Gasteiger partial charge in [-0.3, -0.25) is 4.90 Å². The molecule has 3 nitrogen and oxygen atoms in total. The summed E-state index contributed by atoms with van der Waals surface area (Å²) in [6.45, 7) is 9.24. The van der Waals surface area contributed by atoms with E-state index in [9.17, 15) is 0 Å². The molecule has 18 heavy (non-hydrogen) atoms. The fourth-order valence-corrected chi connectivity index (χ4v) is 2.55. The molecule has 1 aromatic heterocycles. The minimum Gasteiger partial charge on any atom is -0.363 e. The molecule has 0 radical (unpaired) electrons. The zero-order valence-corrected chi connectivity index (χ0v) is 12.3. The van der Waals surface area contributed by atoms with Gasteiger partial charge in [0.1, 0.15) is 5.82 Å². The molecule has 3 heteroatoms. The minimum atomic E-state index is 0.283. The average molecular weight is 247 g/mol. The number of anilines is 1. The average Bonchev–Trinajstić information content (AvgIpc) is 2.78. The van der Waals surface area contributed by atoms with Crippen molar-refractivity contribution in [3.8, 4) is 0 Å². The van der Waals surface area contributed by atoms with Crippen molar-refractivity contribution in [1.29, 1.82) is 0 Å². The molecule has 0 N–H and O–H groups in total. The van der Waals surface area contributed by atoms with Gasteiger partial charge in [-0.2, -0.15) is 0 Å². The second-order valence-corrected chi connectivity index (χ2v) is 6.45. The first-order chi connectivity index (χ1) is 8.38. The Morgan fingerprint density at radius 3 is 2.44 bits per heavy atom. The van der Waals surface area contributed by atoms with Gasteiger partial charge in [0.25, 0.3) is 0 Å². The molecule has 1 aromatic rings. The van der Waals surface area contributed by atoms with Gasteiger partial charge in [-0.25, -0.2) is 4.98 Å². The second-order valence-electron chi connectivity index (χ2n) is 6.45. The Morgan fingerprint density at radius 2 is 2.00 bits per heavy atom.